The van der Waals surface area contributed by atoms with Crippen LogP contribution in [0.1, 0.15) is 41.0 Å². The van der Waals surface area contributed by atoms with E-state index in [1.165, 1.54) is 12.0 Å². The van der Waals surface area contributed by atoms with E-state index in [0.717, 1.165) is 13.1 Å². The molecule has 0 aromatic heterocycles. The summed E-state index contributed by atoms with van der Waals surface area (Å²) < 4.78 is 0. The van der Waals surface area contributed by atoms with Crippen molar-refractivity contribution in [2.24, 2.45) is 0 Å². The SMILES string of the molecule is CC.CC.CC1=CCCNC1. The molecule has 68 valence electrons. The Morgan fingerprint density at radius 1 is 1.18 bits per heavy atom. The highest BCUT2D eigenvalue weighted by Gasteiger charge is 1.93. The lowest BCUT2D eigenvalue weighted by Gasteiger charge is -2.08. The maximum absolute atomic E-state index is 3.27. The molecular weight excluding hydrogens is 134 g/mol. The second-order valence-electron chi connectivity index (χ2n) is 2.02. The first kappa shape index (κ1) is 13.3. The summed E-state index contributed by atoms with van der Waals surface area (Å²) in [5.41, 5.74) is 1.48. The van der Waals surface area contributed by atoms with E-state index in [1.54, 1.807) is 0 Å². The average Bonchev–Trinajstić information content (AvgIpc) is 2.13. The molecule has 0 bridgehead atoms. The molecule has 0 aromatic rings. The number of rotatable bonds is 0. The Labute approximate surface area is 71.9 Å². The van der Waals surface area contributed by atoms with Crippen molar-refractivity contribution in [3.63, 3.8) is 0 Å². The minimum absolute atomic E-state index is 1.10. The Hall–Kier alpha value is -0.300. The Bertz CT molecular complexity index is 84.9. The molecule has 0 aromatic carbocycles. The normalized spacial score (nSPS) is 14.8. The van der Waals surface area contributed by atoms with Crippen molar-refractivity contribution in [2.75, 3.05) is 13.1 Å². The van der Waals surface area contributed by atoms with Crippen LogP contribution < -0.4 is 5.32 Å². The molecule has 0 fully saturated rings. The van der Waals surface area contributed by atoms with Crippen molar-refractivity contribution in [3.05, 3.63) is 11.6 Å². The number of hydrogen-bond donors (Lipinski definition) is 1. The molecule has 0 aliphatic carbocycles. The lowest BCUT2D eigenvalue weighted by Crippen LogP contribution is -2.20. The van der Waals surface area contributed by atoms with E-state index in [0.29, 0.717) is 0 Å². The van der Waals surface area contributed by atoms with Gasteiger partial charge in [0.2, 0.25) is 0 Å². The van der Waals surface area contributed by atoms with Crippen LogP contribution in [0.3, 0.4) is 0 Å². The third-order valence-electron chi connectivity index (χ3n) is 1.22. The summed E-state index contributed by atoms with van der Waals surface area (Å²) in [6, 6.07) is 0. The van der Waals surface area contributed by atoms with Crippen LogP contribution >= 0.6 is 0 Å². The van der Waals surface area contributed by atoms with E-state index in [2.05, 4.69) is 18.3 Å². The summed E-state index contributed by atoms with van der Waals surface area (Å²) in [4.78, 5) is 0. The van der Waals surface area contributed by atoms with Gasteiger partial charge >= 0.3 is 0 Å². The van der Waals surface area contributed by atoms with Crippen LogP contribution in [0, 0.1) is 0 Å². The first-order valence-electron chi connectivity index (χ1n) is 4.76. The van der Waals surface area contributed by atoms with Gasteiger partial charge in [0.25, 0.3) is 0 Å². The van der Waals surface area contributed by atoms with E-state index < -0.39 is 0 Å². The predicted molar refractivity (Wildman–Crippen MR) is 53.9 cm³/mol. The lowest BCUT2D eigenvalue weighted by atomic mass is 10.2. The van der Waals surface area contributed by atoms with Gasteiger partial charge in [0, 0.05) is 6.54 Å². The molecule has 0 amide bonds. The van der Waals surface area contributed by atoms with Crippen LogP contribution in [0.15, 0.2) is 11.6 Å². The predicted octanol–water partition coefficient (Wildman–Crippen LogP) is 2.98. The van der Waals surface area contributed by atoms with Crippen molar-refractivity contribution in [1.82, 2.24) is 5.32 Å². The summed E-state index contributed by atoms with van der Waals surface area (Å²) in [5, 5.41) is 3.27. The zero-order chi connectivity index (χ0) is 9.11. The monoisotopic (exact) mass is 157 g/mol. The standard InChI is InChI=1S/C6H11N.2C2H6/c1-6-3-2-4-7-5-6;2*1-2/h3,7H,2,4-5H2,1H3;2*1-2H3. The van der Waals surface area contributed by atoms with E-state index >= 15 is 0 Å². The molecule has 0 saturated heterocycles. The van der Waals surface area contributed by atoms with Gasteiger partial charge in [-0.05, 0) is 19.9 Å². The van der Waals surface area contributed by atoms with Gasteiger partial charge in [-0.2, -0.15) is 0 Å². The largest absolute Gasteiger partial charge is 0.313 e. The zero-order valence-electron chi connectivity index (χ0n) is 8.70. The topological polar surface area (TPSA) is 12.0 Å². The lowest BCUT2D eigenvalue weighted by molar-refractivity contribution is 0.703. The minimum atomic E-state index is 1.10. The fraction of sp³-hybridized carbons (Fsp3) is 0.800. The summed E-state index contributed by atoms with van der Waals surface area (Å²) >= 11 is 0. The summed E-state index contributed by atoms with van der Waals surface area (Å²) in [5.74, 6) is 0. The average molecular weight is 157 g/mol. The van der Waals surface area contributed by atoms with Crippen LogP contribution in [0.4, 0.5) is 0 Å². The highest BCUT2D eigenvalue weighted by Crippen LogP contribution is 1.96. The van der Waals surface area contributed by atoms with Gasteiger partial charge in [0.15, 0.2) is 0 Å². The molecule has 0 radical (unpaired) electrons. The van der Waals surface area contributed by atoms with Crippen LogP contribution in [-0.4, -0.2) is 13.1 Å². The maximum atomic E-state index is 3.27. The highest BCUT2D eigenvalue weighted by molar-refractivity contribution is 5.03. The van der Waals surface area contributed by atoms with Crippen molar-refractivity contribution in [2.45, 2.75) is 41.0 Å². The molecule has 0 unspecified atom stereocenters. The molecule has 11 heavy (non-hydrogen) atoms. The van der Waals surface area contributed by atoms with Crippen LogP contribution in [-0.2, 0) is 0 Å². The van der Waals surface area contributed by atoms with E-state index in [9.17, 15) is 0 Å². The molecule has 0 spiro atoms. The van der Waals surface area contributed by atoms with Gasteiger partial charge in [0.05, 0.1) is 0 Å². The van der Waals surface area contributed by atoms with E-state index in [4.69, 9.17) is 0 Å². The summed E-state index contributed by atoms with van der Waals surface area (Å²) in [6.07, 6.45) is 3.50. The molecule has 1 heteroatoms. The molecule has 0 saturated carbocycles. The summed E-state index contributed by atoms with van der Waals surface area (Å²) in [6.45, 7) is 12.4. The van der Waals surface area contributed by atoms with E-state index in [1.807, 2.05) is 27.7 Å². The first-order valence-corrected chi connectivity index (χ1v) is 4.76. The molecule has 1 aliphatic rings. The number of nitrogens with one attached hydrogen (secondary N) is 1. The van der Waals surface area contributed by atoms with Crippen molar-refractivity contribution >= 4 is 0 Å². The molecule has 1 nitrogen and oxygen atoms in total. The fourth-order valence-electron chi connectivity index (χ4n) is 0.778. The van der Waals surface area contributed by atoms with Gasteiger partial charge in [-0.25, -0.2) is 0 Å². The van der Waals surface area contributed by atoms with Gasteiger partial charge in [-0.1, -0.05) is 39.3 Å². The Morgan fingerprint density at radius 2 is 1.73 bits per heavy atom. The molecule has 0 atom stereocenters. The second-order valence-corrected chi connectivity index (χ2v) is 2.02. The highest BCUT2D eigenvalue weighted by atomic mass is 14.9. The van der Waals surface area contributed by atoms with Gasteiger partial charge in [-0.3, -0.25) is 0 Å². The molecule has 1 heterocycles. The van der Waals surface area contributed by atoms with Gasteiger partial charge in [-0.15, -0.1) is 0 Å². The van der Waals surface area contributed by atoms with Crippen LogP contribution in [0.2, 0.25) is 0 Å². The fourth-order valence-corrected chi connectivity index (χ4v) is 0.778. The van der Waals surface area contributed by atoms with Crippen molar-refractivity contribution in [3.8, 4) is 0 Å². The van der Waals surface area contributed by atoms with Gasteiger partial charge in [0.1, 0.15) is 0 Å². The Morgan fingerprint density at radius 3 is 1.91 bits per heavy atom. The minimum Gasteiger partial charge on any atom is -0.313 e. The molecule has 1 aliphatic heterocycles. The second kappa shape index (κ2) is 12.4. The number of hydrogen-bond acceptors (Lipinski definition) is 1. The third kappa shape index (κ3) is 9.70. The maximum Gasteiger partial charge on any atom is 0.0161 e. The smallest absolute Gasteiger partial charge is 0.0161 e. The third-order valence-corrected chi connectivity index (χ3v) is 1.22. The first-order chi connectivity index (χ1) is 5.39. The molecule has 1 N–H and O–H groups in total. The zero-order valence-corrected chi connectivity index (χ0v) is 8.70. The Kier molecular flexibility index (Phi) is 15.0. The quantitative estimate of drug-likeness (QED) is 0.533. The van der Waals surface area contributed by atoms with Crippen LogP contribution in [0.5, 0.6) is 0 Å². The van der Waals surface area contributed by atoms with Crippen LogP contribution in [0.25, 0.3) is 0 Å². The molecular formula is C10H23N. The molecule has 1 rings (SSSR count). The van der Waals surface area contributed by atoms with Crippen molar-refractivity contribution < 1.29 is 0 Å². The summed E-state index contributed by atoms with van der Waals surface area (Å²) in [7, 11) is 0. The van der Waals surface area contributed by atoms with E-state index in [-0.39, 0.29) is 0 Å². The van der Waals surface area contributed by atoms with Gasteiger partial charge < -0.3 is 5.32 Å². The Balaban J connectivity index is 0. The van der Waals surface area contributed by atoms with Crippen molar-refractivity contribution in [1.29, 1.82) is 0 Å².